The zero-order valence-corrected chi connectivity index (χ0v) is 9.83. The molecule has 0 saturated heterocycles. The number of ether oxygens (including phenoxy) is 1. The van der Waals surface area contributed by atoms with Crippen LogP contribution < -0.4 is 10.1 Å². The Bertz CT molecular complexity index is 516. The average molecular weight is 253 g/mol. The number of benzene rings is 1. The van der Waals surface area contributed by atoms with Crippen molar-refractivity contribution in [1.82, 2.24) is 4.98 Å². The summed E-state index contributed by atoms with van der Waals surface area (Å²) in [5.74, 6) is 0.715. The van der Waals surface area contributed by atoms with E-state index >= 15 is 0 Å². The first-order chi connectivity index (χ1) is 8.19. The molecule has 0 unspecified atom stereocenters. The second-order valence-electron chi connectivity index (χ2n) is 3.33. The third-order valence-corrected chi connectivity index (χ3v) is 2.39. The summed E-state index contributed by atoms with van der Waals surface area (Å²) >= 11 is 5.71. The van der Waals surface area contributed by atoms with E-state index in [4.69, 9.17) is 16.3 Å². The maximum Gasteiger partial charge on any atom is 0.146 e. The van der Waals surface area contributed by atoms with Crippen molar-refractivity contribution in [3.63, 3.8) is 0 Å². The smallest absolute Gasteiger partial charge is 0.146 e. The van der Waals surface area contributed by atoms with Crippen molar-refractivity contribution in [3.8, 4) is 5.75 Å². The van der Waals surface area contributed by atoms with Gasteiger partial charge in [-0.15, -0.1) is 0 Å². The molecule has 0 aliphatic carbocycles. The highest BCUT2D eigenvalue weighted by Gasteiger charge is 2.04. The monoisotopic (exact) mass is 252 g/mol. The van der Waals surface area contributed by atoms with Crippen LogP contribution in [0.1, 0.15) is 0 Å². The van der Waals surface area contributed by atoms with Crippen molar-refractivity contribution < 1.29 is 9.13 Å². The Balaban J connectivity index is 2.25. The summed E-state index contributed by atoms with van der Waals surface area (Å²) in [7, 11) is 1.53. The molecule has 1 aromatic heterocycles. The van der Waals surface area contributed by atoms with Crippen LogP contribution in [-0.2, 0) is 0 Å². The fraction of sp³-hybridized carbons (Fsp3) is 0.0833. The topological polar surface area (TPSA) is 34.1 Å². The van der Waals surface area contributed by atoms with E-state index in [0.29, 0.717) is 22.3 Å². The van der Waals surface area contributed by atoms with Gasteiger partial charge in [0.25, 0.3) is 0 Å². The van der Waals surface area contributed by atoms with Crippen molar-refractivity contribution in [3.05, 3.63) is 47.4 Å². The molecular formula is C12H10ClFN2O. The molecule has 0 amide bonds. The molecule has 5 heteroatoms. The molecule has 0 fully saturated rings. The molecule has 88 valence electrons. The minimum absolute atomic E-state index is 0.305. The molecule has 3 nitrogen and oxygen atoms in total. The van der Waals surface area contributed by atoms with Crippen LogP contribution >= 0.6 is 11.6 Å². The molecule has 0 aliphatic rings. The largest absolute Gasteiger partial charge is 0.497 e. The van der Waals surface area contributed by atoms with E-state index in [0.717, 1.165) is 0 Å². The summed E-state index contributed by atoms with van der Waals surface area (Å²) in [5.41, 5.74) is 0.305. The SMILES string of the molecule is COc1ccc(F)c(Nc2ccc(Cl)cn2)c1. The van der Waals surface area contributed by atoms with E-state index in [-0.39, 0.29) is 5.82 Å². The van der Waals surface area contributed by atoms with Crippen molar-refractivity contribution in [2.75, 3.05) is 12.4 Å². The number of hydrogen-bond donors (Lipinski definition) is 1. The summed E-state index contributed by atoms with van der Waals surface area (Å²) in [4.78, 5) is 4.02. The van der Waals surface area contributed by atoms with Gasteiger partial charge in [-0.3, -0.25) is 0 Å². The Morgan fingerprint density at radius 3 is 2.76 bits per heavy atom. The molecule has 0 saturated carbocycles. The number of rotatable bonds is 3. The lowest BCUT2D eigenvalue weighted by Crippen LogP contribution is -1.96. The van der Waals surface area contributed by atoms with Crippen molar-refractivity contribution in [2.24, 2.45) is 0 Å². The van der Waals surface area contributed by atoms with Gasteiger partial charge in [-0.1, -0.05) is 11.6 Å². The van der Waals surface area contributed by atoms with Crippen LogP contribution in [0, 0.1) is 5.82 Å². The van der Waals surface area contributed by atoms with Crippen molar-refractivity contribution >= 4 is 23.1 Å². The lowest BCUT2D eigenvalue weighted by molar-refractivity contribution is 0.414. The molecule has 0 bridgehead atoms. The first kappa shape index (κ1) is 11.7. The third kappa shape index (κ3) is 2.85. The van der Waals surface area contributed by atoms with Crippen LogP contribution in [0.4, 0.5) is 15.9 Å². The molecule has 0 aliphatic heterocycles. The number of anilines is 2. The number of methoxy groups -OCH3 is 1. The van der Waals surface area contributed by atoms with Crippen molar-refractivity contribution in [2.45, 2.75) is 0 Å². The fourth-order valence-electron chi connectivity index (χ4n) is 1.31. The zero-order chi connectivity index (χ0) is 12.3. The molecule has 17 heavy (non-hydrogen) atoms. The average Bonchev–Trinajstić information content (AvgIpc) is 2.35. The normalized spacial score (nSPS) is 10.1. The number of hydrogen-bond acceptors (Lipinski definition) is 3. The van der Waals surface area contributed by atoms with E-state index < -0.39 is 0 Å². The quantitative estimate of drug-likeness (QED) is 0.906. The highest BCUT2D eigenvalue weighted by molar-refractivity contribution is 6.30. The summed E-state index contributed by atoms with van der Waals surface area (Å²) in [6.45, 7) is 0. The molecule has 2 rings (SSSR count). The van der Waals surface area contributed by atoms with Crippen LogP contribution in [0.2, 0.25) is 5.02 Å². The first-order valence-corrected chi connectivity index (χ1v) is 5.29. The number of aromatic nitrogens is 1. The Labute approximate surface area is 103 Å². The summed E-state index contributed by atoms with van der Waals surface area (Å²) < 4.78 is 18.5. The molecule has 0 spiro atoms. The van der Waals surface area contributed by atoms with Gasteiger partial charge in [0, 0.05) is 12.3 Å². The second-order valence-corrected chi connectivity index (χ2v) is 3.77. The lowest BCUT2D eigenvalue weighted by Gasteiger charge is -2.08. The van der Waals surface area contributed by atoms with Gasteiger partial charge in [0.2, 0.25) is 0 Å². The third-order valence-electron chi connectivity index (χ3n) is 2.16. The first-order valence-electron chi connectivity index (χ1n) is 4.91. The highest BCUT2D eigenvalue weighted by Crippen LogP contribution is 2.24. The van der Waals surface area contributed by atoms with Gasteiger partial charge in [-0.25, -0.2) is 9.37 Å². The highest BCUT2D eigenvalue weighted by atomic mass is 35.5. The fourth-order valence-corrected chi connectivity index (χ4v) is 1.43. The van der Waals surface area contributed by atoms with Crippen LogP contribution in [0.3, 0.4) is 0 Å². The molecule has 1 aromatic carbocycles. The number of nitrogens with one attached hydrogen (secondary N) is 1. The molecule has 1 N–H and O–H groups in total. The van der Waals surface area contributed by atoms with E-state index in [9.17, 15) is 4.39 Å². The Hall–Kier alpha value is -1.81. The van der Waals surface area contributed by atoms with Gasteiger partial charge in [-0.05, 0) is 24.3 Å². The van der Waals surface area contributed by atoms with Gasteiger partial charge in [0.15, 0.2) is 0 Å². The van der Waals surface area contributed by atoms with Crippen LogP contribution in [-0.4, -0.2) is 12.1 Å². The van der Waals surface area contributed by atoms with Gasteiger partial charge in [-0.2, -0.15) is 0 Å². The Kier molecular flexibility index (Phi) is 3.44. The minimum atomic E-state index is -0.373. The minimum Gasteiger partial charge on any atom is -0.497 e. The van der Waals surface area contributed by atoms with Gasteiger partial charge < -0.3 is 10.1 Å². The van der Waals surface area contributed by atoms with E-state index in [1.54, 1.807) is 24.3 Å². The zero-order valence-electron chi connectivity index (χ0n) is 9.08. The lowest BCUT2D eigenvalue weighted by atomic mass is 10.3. The van der Waals surface area contributed by atoms with Crippen LogP contribution in [0.5, 0.6) is 5.75 Å². The molecule has 1 heterocycles. The summed E-state index contributed by atoms with van der Waals surface area (Å²) in [5, 5.41) is 3.38. The maximum absolute atomic E-state index is 13.5. The van der Waals surface area contributed by atoms with Gasteiger partial charge in [0.1, 0.15) is 17.4 Å². The van der Waals surface area contributed by atoms with E-state index in [2.05, 4.69) is 10.3 Å². The van der Waals surface area contributed by atoms with Crippen LogP contribution in [0.15, 0.2) is 36.5 Å². The van der Waals surface area contributed by atoms with Gasteiger partial charge in [0.05, 0.1) is 17.8 Å². The Morgan fingerprint density at radius 2 is 2.12 bits per heavy atom. The number of nitrogens with zero attached hydrogens (tertiary/aromatic N) is 1. The number of pyridine rings is 1. The van der Waals surface area contributed by atoms with E-state index in [1.165, 1.54) is 19.4 Å². The molecule has 0 radical (unpaired) electrons. The van der Waals surface area contributed by atoms with Gasteiger partial charge >= 0.3 is 0 Å². The maximum atomic E-state index is 13.5. The van der Waals surface area contributed by atoms with Crippen LogP contribution in [0.25, 0.3) is 0 Å². The van der Waals surface area contributed by atoms with Crippen molar-refractivity contribution in [1.29, 1.82) is 0 Å². The summed E-state index contributed by atoms with van der Waals surface area (Å²) in [6, 6.07) is 7.79. The number of halogens is 2. The molecular weight excluding hydrogens is 243 g/mol. The predicted molar refractivity (Wildman–Crippen MR) is 65.5 cm³/mol. The second kappa shape index (κ2) is 5.01. The molecule has 0 atom stereocenters. The predicted octanol–water partition coefficient (Wildman–Crippen LogP) is 3.63. The Morgan fingerprint density at radius 1 is 1.29 bits per heavy atom. The summed E-state index contributed by atoms with van der Waals surface area (Å²) in [6.07, 6.45) is 1.49. The van der Waals surface area contributed by atoms with E-state index in [1.807, 2.05) is 0 Å². The standard InChI is InChI=1S/C12H10ClFN2O/c1-17-9-3-4-10(14)11(6-9)16-12-5-2-8(13)7-15-12/h2-7H,1H3,(H,15,16). The molecule has 2 aromatic rings.